The zero-order chi connectivity index (χ0) is 12.3. The molecule has 0 unspecified atom stereocenters. The molecule has 0 fully saturated rings. The normalized spacial score (nSPS) is 10.5. The molecule has 0 amide bonds. The predicted molar refractivity (Wildman–Crippen MR) is 69.9 cm³/mol. The van der Waals surface area contributed by atoms with Crippen LogP contribution in [0.2, 0.25) is 0 Å². The van der Waals surface area contributed by atoms with Gasteiger partial charge in [0.15, 0.2) is 0 Å². The van der Waals surface area contributed by atoms with Crippen molar-refractivity contribution in [1.29, 1.82) is 0 Å². The highest BCUT2D eigenvalue weighted by atomic mass is 32.2. The van der Waals surface area contributed by atoms with Crippen LogP contribution in [-0.2, 0) is 12.8 Å². The van der Waals surface area contributed by atoms with E-state index < -0.39 is 0 Å². The van der Waals surface area contributed by atoms with Gasteiger partial charge < -0.3 is 4.57 Å². The van der Waals surface area contributed by atoms with Gasteiger partial charge in [0.1, 0.15) is 5.82 Å². The fraction of sp³-hybridized carbons (Fsp3) is 0.250. The Labute approximate surface area is 104 Å². The summed E-state index contributed by atoms with van der Waals surface area (Å²) in [5, 5.41) is 0. The van der Waals surface area contributed by atoms with Gasteiger partial charge in [-0.15, -0.1) is 0 Å². The molecule has 0 aromatic carbocycles. The maximum Gasteiger partial charge on any atom is 0.250 e. The topological polar surface area (TPSA) is 47.8 Å². The van der Waals surface area contributed by atoms with Crippen molar-refractivity contribution in [3.8, 4) is 11.1 Å². The Bertz CT molecular complexity index is 563. The van der Waals surface area contributed by atoms with E-state index in [1.807, 2.05) is 12.3 Å². The molecule has 2 aromatic heterocycles. The van der Waals surface area contributed by atoms with Crippen LogP contribution in [-0.4, -0.2) is 20.8 Å². The summed E-state index contributed by atoms with van der Waals surface area (Å²) >= 11 is 1.68. The van der Waals surface area contributed by atoms with E-state index in [0.29, 0.717) is 0 Å². The van der Waals surface area contributed by atoms with Gasteiger partial charge in [-0.2, -0.15) is 11.8 Å². The Morgan fingerprint density at radius 2 is 2.00 bits per heavy atom. The van der Waals surface area contributed by atoms with Gasteiger partial charge in [-0.05, 0) is 17.9 Å². The summed E-state index contributed by atoms with van der Waals surface area (Å²) in [6, 6.07) is 3.47. The zero-order valence-corrected chi connectivity index (χ0v) is 10.6. The third-order valence-electron chi connectivity index (χ3n) is 2.42. The zero-order valence-electron chi connectivity index (χ0n) is 9.75. The number of thioether (sulfide) groups is 1. The molecular formula is C12H13N3OS. The van der Waals surface area contributed by atoms with Gasteiger partial charge in [-0.1, -0.05) is 0 Å². The fourth-order valence-corrected chi connectivity index (χ4v) is 1.84. The third kappa shape index (κ3) is 2.74. The van der Waals surface area contributed by atoms with E-state index in [-0.39, 0.29) is 5.56 Å². The van der Waals surface area contributed by atoms with Crippen LogP contribution in [0.1, 0.15) is 5.82 Å². The van der Waals surface area contributed by atoms with Crippen LogP contribution < -0.4 is 5.56 Å². The summed E-state index contributed by atoms with van der Waals surface area (Å²) in [6.45, 7) is 0. The van der Waals surface area contributed by atoms with Crippen molar-refractivity contribution in [2.75, 3.05) is 6.26 Å². The molecule has 0 bridgehead atoms. The van der Waals surface area contributed by atoms with Gasteiger partial charge >= 0.3 is 0 Å². The van der Waals surface area contributed by atoms with Gasteiger partial charge in [-0.25, -0.2) is 9.97 Å². The van der Waals surface area contributed by atoms with Crippen LogP contribution in [0.25, 0.3) is 11.1 Å². The number of hydrogen-bond acceptors (Lipinski definition) is 4. The van der Waals surface area contributed by atoms with Crippen LogP contribution in [0.5, 0.6) is 0 Å². The molecule has 0 aliphatic carbocycles. The maximum atomic E-state index is 11.5. The molecule has 0 atom stereocenters. The van der Waals surface area contributed by atoms with Crippen LogP contribution in [0.3, 0.4) is 0 Å². The lowest BCUT2D eigenvalue weighted by atomic mass is 10.1. The predicted octanol–water partition coefficient (Wildman–Crippen LogP) is 1.71. The van der Waals surface area contributed by atoms with Gasteiger partial charge in [0.25, 0.3) is 5.56 Å². The molecule has 4 nitrogen and oxygen atoms in total. The summed E-state index contributed by atoms with van der Waals surface area (Å²) in [7, 11) is 1.73. The average molecular weight is 247 g/mol. The first-order valence-corrected chi connectivity index (χ1v) is 6.57. The van der Waals surface area contributed by atoms with Crippen molar-refractivity contribution < 1.29 is 0 Å². The lowest BCUT2D eigenvalue weighted by molar-refractivity contribution is 0.861. The summed E-state index contributed by atoms with van der Waals surface area (Å²) in [6.07, 6.45) is 7.27. The van der Waals surface area contributed by atoms with Gasteiger partial charge in [0, 0.05) is 37.3 Å². The Kier molecular flexibility index (Phi) is 3.58. The smallest absolute Gasteiger partial charge is 0.250 e. The molecule has 2 rings (SSSR count). The van der Waals surface area contributed by atoms with Gasteiger partial charge in [0.2, 0.25) is 0 Å². The first-order chi connectivity index (χ1) is 8.20. The van der Waals surface area contributed by atoms with E-state index in [2.05, 4.69) is 9.97 Å². The van der Waals surface area contributed by atoms with E-state index in [1.165, 1.54) is 4.57 Å². The van der Waals surface area contributed by atoms with E-state index in [4.69, 9.17) is 0 Å². The second-order valence-electron chi connectivity index (χ2n) is 3.69. The number of nitrogens with zero attached hydrogens (tertiary/aromatic N) is 3. The Morgan fingerprint density at radius 3 is 2.59 bits per heavy atom. The molecular weight excluding hydrogens is 234 g/mol. The van der Waals surface area contributed by atoms with Gasteiger partial charge in [0.05, 0.1) is 5.75 Å². The summed E-state index contributed by atoms with van der Waals surface area (Å²) in [5.74, 6) is 1.61. The van der Waals surface area contributed by atoms with Crippen LogP contribution >= 0.6 is 11.8 Å². The molecule has 0 saturated heterocycles. The Hall–Kier alpha value is -1.62. The van der Waals surface area contributed by atoms with Crippen molar-refractivity contribution in [1.82, 2.24) is 14.5 Å². The number of aromatic nitrogens is 3. The monoisotopic (exact) mass is 247 g/mol. The average Bonchev–Trinajstić information content (AvgIpc) is 2.34. The molecule has 0 saturated carbocycles. The number of pyridine rings is 1. The second-order valence-corrected chi connectivity index (χ2v) is 4.55. The molecule has 2 aromatic rings. The SMILES string of the molecule is CSCc1ncc(-c2ccn(C)c(=O)c2)cn1. The highest BCUT2D eigenvalue weighted by molar-refractivity contribution is 7.97. The van der Waals surface area contributed by atoms with E-state index in [1.54, 1.807) is 43.5 Å². The maximum absolute atomic E-state index is 11.5. The molecule has 0 aliphatic rings. The van der Waals surface area contributed by atoms with E-state index in [0.717, 1.165) is 22.7 Å². The van der Waals surface area contributed by atoms with E-state index in [9.17, 15) is 4.79 Å². The summed E-state index contributed by atoms with van der Waals surface area (Å²) in [5.41, 5.74) is 1.69. The van der Waals surface area contributed by atoms with Crippen LogP contribution in [0.15, 0.2) is 35.5 Å². The number of aryl methyl sites for hydroxylation is 1. The molecule has 0 N–H and O–H groups in total. The highest BCUT2D eigenvalue weighted by Gasteiger charge is 2.01. The van der Waals surface area contributed by atoms with Gasteiger partial charge in [-0.3, -0.25) is 4.79 Å². The van der Waals surface area contributed by atoms with Crippen molar-refractivity contribution in [2.24, 2.45) is 7.05 Å². The fourth-order valence-electron chi connectivity index (χ4n) is 1.44. The Morgan fingerprint density at radius 1 is 1.29 bits per heavy atom. The lowest BCUT2D eigenvalue weighted by Gasteiger charge is -2.03. The summed E-state index contributed by atoms with van der Waals surface area (Å²) in [4.78, 5) is 20.0. The largest absolute Gasteiger partial charge is 0.319 e. The molecule has 17 heavy (non-hydrogen) atoms. The third-order valence-corrected chi connectivity index (χ3v) is 2.96. The van der Waals surface area contributed by atoms with Crippen molar-refractivity contribution in [3.63, 3.8) is 0 Å². The Balaban J connectivity index is 2.33. The summed E-state index contributed by atoms with van der Waals surface area (Å²) < 4.78 is 1.53. The van der Waals surface area contributed by atoms with E-state index >= 15 is 0 Å². The minimum absolute atomic E-state index is 0.0318. The first kappa shape index (κ1) is 11.9. The molecule has 0 aliphatic heterocycles. The molecule has 0 spiro atoms. The number of hydrogen-bond donors (Lipinski definition) is 0. The quantitative estimate of drug-likeness (QED) is 0.828. The minimum atomic E-state index is -0.0318. The van der Waals surface area contributed by atoms with Crippen molar-refractivity contribution in [2.45, 2.75) is 5.75 Å². The molecule has 2 heterocycles. The molecule has 5 heteroatoms. The lowest BCUT2D eigenvalue weighted by Crippen LogP contribution is -2.14. The molecule has 0 radical (unpaired) electrons. The molecule has 88 valence electrons. The minimum Gasteiger partial charge on any atom is -0.319 e. The van der Waals surface area contributed by atoms with Crippen molar-refractivity contribution >= 4 is 11.8 Å². The highest BCUT2D eigenvalue weighted by Crippen LogP contribution is 2.15. The standard InChI is InChI=1S/C12H13N3OS/c1-15-4-3-9(5-12(15)16)10-6-13-11(8-17-2)14-7-10/h3-7H,8H2,1-2H3. The van der Waals surface area contributed by atoms with Crippen LogP contribution in [0.4, 0.5) is 0 Å². The van der Waals surface area contributed by atoms with Crippen LogP contribution in [0, 0.1) is 0 Å². The van der Waals surface area contributed by atoms with Crippen molar-refractivity contribution in [3.05, 3.63) is 46.9 Å². The first-order valence-electron chi connectivity index (χ1n) is 5.17. The second kappa shape index (κ2) is 5.14. The number of rotatable bonds is 3.